The van der Waals surface area contributed by atoms with Crippen molar-refractivity contribution >= 4 is 0 Å². The van der Waals surface area contributed by atoms with Crippen molar-refractivity contribution < 1.29 is 14.2 Å². The Morgan fingerprint density at radius 2 is 2.05 bits per heavy atom. The van der Waals surface area contributed by atoms with Crippen LogP contribution in [0.2, 0.25) is 0 Å². The van der Waals surface area contributed by atoms with Gasteiger partial charge >= 0.3 is 0 Å². The molecule has 0 spiro atoms. The van der Waals surface area contributed by atoms with Crippen molar-refractivity contribution in [3.63, 3.8) is 0 Å². The lowest BCUT2D eigenvalue weighted by molar-refractivity contribution is -0.00518. The summed E-state index contributed by atoms with van der Waals surface area (Å²) < 4.78 is 19.4. The highest BCUT2D eigenvalue weighted by Gasteiger charge is 2.38. The molecule has 20 heavy (non-hydrogen) atoms. The minimum Gasteiger partial charge on any atom is -0.482 e. The van der Waals surface area contributed by atoms with Gasteiger partial charge in [0.2, 0.25) is 0 Å². The van der Waals surface area contributed by atoms with Crippen LogP contribution in [0, 0.1) is 12.7 Å². The van der Waals surface area contributed by atoms with Gasteiger partial charge in [0, 0.05) is 18.1 Å². The van der Waals surface area contributed by atoms with Crippen molar-refractivity contribution in [2.75, 3.05) is 0 Å². The van der Waals surface area contributed by atoms with Crippen molar-refractivity contribution in [1.29, 1.82) is 0 Å². The van der Waals surface area contributed by atoms with E-state index >= 15 is 0 Å². The highest BCUT2D eigenvalue weighted by molar-refractivity contribution is 5.41. The van der Waals surface area contributed by atoms with Crippen molar-refractivity contribution in [2.45, 2.75) is 32.0 Å². The fourth-order valence-electron chi connectivity index (χ4n) is 2.79. The third-order valence-corrected chi connectivity index (χ3v) is 3.88. The monoisotopic (exact) mass is 272 g/mol. The van der Waals surface area contributed by atoms with Crippen LogP contribution >= 0.6 is 0 Å². The molecule has 0 bridgehead atoms. The van der Waals surface area contributed by atoms with Crippen LogP contribution in [-0.4, -0.2) is 5.11 Å². The van der Waals surface area contributed by atoms with Crippen LogP contribution in [0.15, 0.2) is 42.5 Å². The molecular weight excluding hydrogens is 255 g/mol. The van der Waals surface area contributed by atoms with Gasteiger partial charge in [-0.05, 0) is 31.5 Å². The van der Waals surface area contributed by atoms with Gasteiger partial charge in [0.1, 0.15) is 17.2 Å². The molecule has 2 aromatic rings. The van der Waals surface area contributed by atoms with E-state index in [1.165, 1.54) is 12.1 Å². The first kappa shape index (κ1) is 13.1. The predicted molar refractivity (Wildman–Crippen MR) is 75.1 cm³/mol. The number of ether oxygens (including phenoxy) is 1. The third-order valence-electron chi connectivity index (χ3n) is 3.88. The van der Waals surface area contributed by atoms with Crippen molar-refractivity contribution in [2.24, 2.45) is 0 Å². The van der Waals surface area contributed by atoms with E-state index in [1.807, 2.05) is 38.1 Å². The summed E-state index contributed by atoms with van der Waals surface area (Å²) >= 11 is 0. The Morgan fingerprint density at radius 1 is 1.25 bits per heavy atom. The third kappa shape index (κ3) is 2.18. The van der Waals surface area contributed by atoms with Crippen LogP contribution in [-0.2, 0) is 5.60 Å². The standard InChI is InChI=1S/C17H17FO2/c1-11-4-3-5-12(8-11)17(2)10-15(19)14-7-6-13(18)9-16(14)20-17/h3-9,15,19H,10H2,1-2H3/t15-,17?/m0/s1. The zero-order valence-electron chi connectivity index (χ0n) is 11.6. The fourth-order valence-corrected chi connectivity index (χ4v) is 2.79. The highest BCUT2D eigenvalue weighted by atomic mass is 19.1. The van der Waals surface area contributed by atoms with Crippen LogP contribution in [0.5, 0.6) is 5.75 Å². The van der Waals surface area contributed by atoms with E-state index in [-0.39, 0.29) is 5.82 Å². The Kier molecular flexibility index (Phi) is 3.02. The molecule has 0 aromatic heterocycles. The fraction of sp³-hybridized carbons (Fsp3) is 0.294. The first-order valence-corrected chi connectivity index (χ1v) is 6.72. The lowest BCUT2D eigenvalue weighted by Crippen LogP contribution is -2.35. The summed E-state index contributed by atoms with van der Waals surface area (Å²) in [5.74, 6) is 0.0669. The topological polar surface area (TPSA) is 29.5 Å². The maximum absolute atomic E-state index is 13.4. The van der Waals surface area contributed by atoms with Gasteiger partial charge in [-0.15, -0.1) is 0 Å². The number of aryl methyl sites for hydroxylation is 1. The second-order valence-electron chi connectivity index (χ2n) is 5.60. The lowest BCUT2D eigenvalue weighted by atomic mass is 9.84. The smallest absolute Gasteiger partial charge is 0.134 e. The molecule has 104 valence electrons. The van der Waals surface area contributed by atoms with Crippen molar-refractivity contribution in [1.82, 2.24) is 0 Å². The largest absolute Gasteiger partial charge is 0.482 e. The summed E-state index contributed by atoms with van der Waals surface area (Å²) in [4.78, 5) is 0. The molecule has 3 heteroatoms. The van der Waals surface area contributed by atoms with E-state index in [0.717, 1.165) is 11.1 Å². The van der Waals surface area contributed by atoms with E-state index in [9.17, 15) is 9.50 Å². The van der Waals surface area contributed by atoms with Gasteiger partial charge in [-0.1, -0.05) is 29.8 Å². The van der Waals surface area contributed by atoms with Gasteiger partial charge in [-0.25, -0.2) is 4.39 Å². The zero-order chi connectivity index (χ0) is 14.3. The molecule has 0 radical (unpaired) electrons. The van der Waals surface area contributed by atoms with Gasteiger partial charge in [0.15, 0.2) is 0 Å². The van der Waals surface area contributed by atoms with Gasteiger partial charge in [-0.3, -0.25) is 0 Å². The minimum absolute atomic E-state index is 0.357. The summed E-state index contributed by atoms with van der Waals surface area (Å²) in [7, 11) is 0. The van der Waals surface area contributed by atoms with E-state index < -0.39 is 11.7 Å². The number of hydrogen-bond donors (Lipinski definition) is 1. The first-order chi connectivity index (χ1) is 9.48. The van der Waals surface area contributed by atoms with Gasteiger partial charge in [-0.2, -0.15) is 0 Å². The average molecular weight is 272 g/mol. The number of aliphatic hydroxyl groups excluding tert-OH is 1. The lowest BCUT2D eigenvalue weighted by Gasteiger charge is -2.38. The molecule has 2 nitrogen and oxygen atoms in total. The van der Waals surface area contributed by atoms with E-state index in [4.69, 9.17) is 4.74 Å². The Morgan fingerprint density at radius 3 is 2.80 bits per heavy atom. The predicted octanol–water partition coefficient (Wildman–Crippen LogP) is 3.87. The van der Waals surface area contributed by atoms with Crippen LogP contribution in [0.1, 0.15) is 36.1 Å². The molecule has 0 aliphatic carbocycles. The van der Waals surface area contributed by atoms with Crippen molar-refractivity contribution in [3.8, 4) is 5.75 Å². The van der Waals surface area contributed by atoms with E-state index in [1.54, 1.807) is 6.07 Å². The molecule has 1 aliphatic rings. The average Bonchev–Trinajstić information content (AvgIpc) is 2.38. The molecule has 1 heterocycles. The van der Waals surface area contributed by atoms with Crippen LogP contribution in [0.4, 0.5) is 4.39 Å². The Labute approximate surface area is 117 Å². The van der Waals surface area contributed by atoms with E-state index in [0.29, 0.717) is 17.7 Å². The summed E-state index contributed by atoms with van der Waals surface area (Å²) in [5, 5.41) is 10.3. The SMILES string of the molecule is Cc1cccc(C2(C)C[C@H](O)c3ccc(F)cc3O2)c1. The number of fused-ring (bicyclic) bond motifs is 1. The molecule has 3 rings (SSSR count). The van der Waals surface area contributed by atoms with Crippen molar-refractivity contribution in [3.05, 3.63) is 65.0 Å². The molecule has 0 amide bonds. The summed E-state index contributed by atoms with van der Waals surface area (Å²) in [6, 6.07) is 12.3. The number of aliphatic hydroxyl groups is 1. The highest BCUT2D eigenvalue weighted by Crippen LogP contribution is 2.44. The zero-order valence-corrected chi connectivity index (χ0v) is 11.6. The Hall–Kier alpha value is -1.87. The second kappa shape index (κ2) is 4.60. The van der Waals surface area contributed by atoms with Crippen LogP contribution < -0.4 is 4.74 Å². The maximum Gasteiger partial charge on any atom is 0.134 e. The summed E-state index contributed by atoms with van der Waals surface area (Å²) in [5.41, 5.74) is 2.13. The van der Waals surface area contributed by atoms with E-state index in [2.05, 4.69) is 0 Å². The molecule has 2 atom stereocenters. The Bertz CT molecular complexity index is 653. The molecule has 0 saturated carbocycles. The summed E-state index contributed by atoms with van der Waals surface area (Å²) in [6.45, 7) is 3.94. The number of rotatable bonds is 1. The quantitative estimate of drug-likeness (QED) is 0.854. The molecule has 0 saturated heterocycles. The Balaban J connectivity index is 2.05. The van der Waals surface area contributed by atoms with Gasteiger partial charge in [0.05, 0.1) is 6.10 Å². The molecule has 1 N–H and O–H groups in total. The van der Waals surface area contributed by atoms with Crippen LogP contribution in [0.3, 0.4) is 0 Å². The number of halogens is 1. The minimum atomic E-state index is -0.648. The normalized spacial score (nSPS) is 24.9. The van der Waals surface area contributed by atoms with Crippen LogP contribution in [0.25, 0.3) is 0 Å². The van der Waals surface area contributed by atoms with Gasteiger partial charge < -0.3 is 9.84 Å². The molecular formula is C17H17FO2. The molecule has 0 fully saturated rings. The molecule has 2 aromatic carbocycles. The maximum atomic E-state index is 13.4. The first-order valence-electron chi connectivity index (χ1n) is 6.72. The number of hydrogen-bond acceptors (Lipinski definition) is 2. The number of benzene rings is 2. The molecule has 1 aliphatic heterocycles. The second-order valence-corrected chi connectivity index (χ2v) is 5.60. The molecule has 1 unspecified atom stereocenters. The summed E-state index contributed by atoms with van der Waals surface area (Å²) in [6.07, 6.45) is -0.195. The van der Waals surface area contributed by atoms with Gasteiger partial charge in [0.25, 0.3) is 0 Å².